The molecule has 5 heteroatoms. The van der Waals surface area contributed by atoms with E-state index in [-0.39, 0.29) is 0 Å². The van der Waals surface area contributed by atoms with Crippen LogP contribution in [0.5, 0.6) is 0 Å². The van der Waals surface area contributed by atoms with Gasteiger partial charge in [-0.3, -0.25) is 0 Å². The number of likely N-dealkylation sites (tertiary alicyclic amines) is 1. The number of carbonyl (C=O) groups excluding carboxylic acids is 1. The molecule has 0 aromatic rings. The van der Waals surface area contributed by atoms with Crippen LogP contribution in [-0.4, -0.2) is 40.5 Å². The van der Waals surface area contributed by atoms with Crippen LogP contribution in [0.15, 0.2) is 0 Å². The highest BCUT2D eigenvalue weighted by Crippen LogP contribution is 2.23. The highest BCUT2D eigenvalue weighted by atomic mass is 16.6. The number of hydrogen-bond acceptors (Lipinski definition) is 3. The first-order valence-electron chi connectivity index (χ1n) is 5.62. The van der Waals surface area contributed by atoms with Crippen molar-refractivity contribution in [1.82, 2.24) is 0 Å². The van der Waals surface area contributed by atoms with Gasteiger partial charge in [-0.05, 0) is 40.0 Å². The molecule has 0 radical (unpaired) electrons. The molecule has 0 aromatic heterocycles. The summed E-state index contributed by atoms with van der Waals surface area (Å²) in [7, 11) is 0. The number of rotatable bonds is 0. The van der Waals surface area contributed by atoms with Gasteiger partial charge in [-0.2, -0.15) is 9.59 Å². The molecule has 1 fully saturated rings. The van der Waals surface area contributed by atoms with E-state index < -0.39 is 22.3 Å². The van der Waals surface area contributed by atoms with Gasteiger partial charge >= 0.3 is 12.2 Å². The molecule has 0 bridgehead atoms. The Morgan fingerprint density at radius 3 is 2.00 bits per heavy atom. The molecule has 1 saturated heterocycles. The van der Waals surface area contributed by atoms with Gasteiger partial charge in [0, 0.05) is 0 Å². The van der Waals surface area contributed by atoms with Crippen LogP contribution in [0.2, 0.25) is 0 Å². The van der Waals surface area contributed by atoms with Gasteiger partial charge in [0.05, 0.1) is 13.1 Å². The lowest BCUT2D eigenvalue weighted by Crippen LogP contribution is -2.60. The third-order valence-corrected chi connectivity index (χ3v) is 2.69. The molecule has 0 spiro atoms. The fraction of sp³-hybridized carbons (Fsp3) is 0.818. The Labute approximate surface area is 95.6 Å². The highest BCUT2D eigenvalue weighted by molar-refractivity contribution is 5.75. The van der Waals surface area contributed by atoms with Gasteiger partial charge in [0.15, 0.2) is 0 Å². The Morgan fingerprint density at radius 2 is 1.62 bits per heavy atom. The minimum Gasteiger partial charge on any atom is -0.435 e. The predicted octanol–water partition coefficient (Wildman–Crippen LogP) is 2.60. The summed E-state index contributed by atoms with van der Waals surface area (Å²) >= 11 is 0. The van der Waals surface area contributed by atoms with Gasteiger partial charge in [0.1, 0.15) is 5.60 Å². The molecule has 1 aliphatic heterocycles. The molecule has 0 aliphatic carbocycles. The van der Waals surface area contributed by atoms with Gasteiger partial charge in [-0.15, -0.1) is 4.48 Å². The first-order chi connectivity index (χ1) is 7.28. The number of ether oxygens (including phenoxy) is 1. The van der Waals surface area contributed by atoms with E-state index in [9.17, 15) is 14.7 Å². The molecule has 5 nitrogen and oxygen atoms in total. The molecule has 1 aliphatic rings. The zero-order valence-corrected chi connectivity index (χ0v) is 10.2. The summed E-state index contributed by atoms with van der Waals surface area (Å²) in [6, 6.07) is 0. The molecule has 1 rings (SSSR count). The van der Waals surface area contributed by atoms with E-state index in [1.165, 1.54) is 0 Å². The molecule has 0 atom stereocenters. The maximum Gasteiger partial charge on any atom is 0.527 e. The van der Waals surface area contributed by atoms with Crippen LogP contribution in [0, 0.1) is 0 Å². The number of quaternary nitrogens is 1. The van der Waals surface area contributed by atoms with Crippen LogP contribution >= 0.6 is 0 Å². The normalized spacial score (nSPS) is 20.2. The average molecular weight is 230 g/mol. The second-order valence-corrected chi connectivity index (χ2v) is 5.24. The minimum atomic E-state index is -1.10. The smallest absolute Gasteiger partial charge is 0.435 e. The van der Waals surface area contributed by atoms with Crippen LogP contribution in [0.3, 0.4) is 0 Å². The third kappa shape index (κ3) is 2.72. The molecule has 1 N–H and O–H groups in total. The van der Waals surface area contributed by atoms with E-state index in [0.29, 0.717) is 13.1 Å². The standard InChI is InChI=1S/C11H19NO4/c1-11(2,3)16-10(15)12(9(13)14)7-5-4-6-8-12/h4-8H2,1-3H3/p+1. The largest absolute Gasteiger partial charge is 0.527 e. The summed E-state index contributed by atoms with van der Waals surface area (Å²) in [4.78, 5) is 23.2. The molecular formula is C11H20NO4+. The van der Waals surface area contributed by atoms with Crippen molar-refractivity contribution in [2.24, 2.45) is 0 Å². The molecule has 0 unspecified atom stereocenters. The third-order valence-electron chi connectivity index (χ3n) is 2.69. The van der Waals surface area contributed by atoms with E-state index in [0.717, 1.165) is 19.3 Å². The second kappa shape index (κ2) is 4.41. The van der Waals surface area contributed by atoms with Crippen LogP contribution in [0.4, 0.5) is 9.59 Å². The first-order valence-corrected chi connectivity index (χ1v) is 5.62. The molecule has 16 heavy (non-hydrogen) atoms. The number of imide groups is 1. The van der Waals surface area contributed by atoms with Crippen LogP contribution in [-0.2, 0) is 4.74 Å². The maximum atomic E-state index is 11.9. The number of carboxylic acid groups (broad SMARTS) is 1. The Balaban J connectivity index is 2.85. The molecule has 1 heterocycles. The lowest BCUT2D eigenvalue weighted by atomic mass is 10.1. The summed E-state index contributed by atoms with van der Waals surface area (Å²) in [5, 5.41) is 9.23. The fourth-order valence-corrected chi connectivity index (χ4v) is 1.85. The Hall–Kier alpha value is -1.10. The van der Waals surface area contributed by atoms with Crippen molar-refractivity contribution in [2.45, 2.75) is 45.6 Å². The quantitative estimate of drug-likeness (QED) is 0.650. The fourth-order valence-electron chi connectivity index (χ4n) is 1.85. The lowest BCUT2D eigenvalue weighted by Gasteiger charge is -2.33. The van der Waals surface area contributed by atoms with Crippen molar-refractivity contribution < 1.29 is 23.9 Å². The summed E-state index contributed by atoms with van der Waals surface area (Å²) in [6.45, 7) is 5.90. The number of nitrogens with zero attached hydrogens (tertiary/aromatic N) is 1. The zero-order chi connectivity index (χ0) is 12.4. The van der Waals surface area contributed by atoms with E-state index in [1.807, 2.05) is 0 Å². The van der Waals surface area contributed by atoms with Gasteiger partial charge in [-0.25, -0.2) is 0 Å². The molecule has 92 valence electrons. The highest BCUT2D eigenvalue weighted by Gasteiger charge is 2.49. The summed E-state index contributed by atoms with van der Waals surface area (Å²) in [6.07, 6.45) is 0.751. The number of amides is 2. The van der Waals surface area contributed by atoms with Gasteiger partial charge in [0.25, 0.3) is 0 Å². The molecular weight excluding hydrogens is 210 g/mol. The number of carbonyl (C=O) groups is 2. The molecule has 0 saturated carbocycles. The number of hydrogen-bond donors (Lipinski definition) is 1. The van der Waals surface area contributed by atoms with E-state index in [4.69, 9.17) is 4.74 Å². The van der Waals surface area contributed by atoms with Gasteiger partial charge in [-0.1, -0.05) is 0 Å². The topological polar surface area (TPSA) is 63.6 Å². The summed E-state index contributed by atoms with van der Waals surface area (Å²) in [5.41, 5.74) is -0.644. The molecule has 2 amide bonds. The van der Waals surface area contributed by atoms with Crippen LogP contribution in [0.1, 0.15) is 40.0 Å². The zero-order valence-electron chi connectivity index (χ0n) is 10.2. The van der Waals surface area contributed by atoms with E-state index in [2.05, 4.69) is 0 Å². The monoisotopic (exact) mass is 230 g/mol. The van der Waals surface area contributed by atoms with Gasteiger partial charge in [0.2, 0.25) is 0 Å². The van der Waals surface area contributed by atoms with Crippen molar-refractivity contribution in [3.63, 3.8) is 0 Å². The predicted molar refractivity (Wildman–Crippen MR) is 58.1 cm³/mol. The Kier molecular flexibility index (Phi) is 3.57. The Bertz CT molecular complexity index is 287. The van der Waals surface area contributed by atoms with E-state index >= 15 is 0 Å². The first kappa shape index (κ1) is 13.0. The maximum absolute atomic E-state index is 11.9. The lowest BCUT2D eigenvalue weighted by molar-refractivity contribution is -0.791. The van der Waals surface area contributed by atoms with Crippen molar-refractivity contribution in [2.75, 3.05) is 13.1 Å². The van der Waals surface area contributed by atoms with Gasteiger partial charge < -0.3 is 9.84 Å². The van der Waals surface area contributed by atoms with Crippen LogP contribution < -0.4 is 0 Å². The van der Waals surface area contributed by atoms with Crippen molar-refractivity contribution >= 4 is 12.2 Å². The van der Waals surface area contributed by atoms with E-state index in [1.54, 1.807) is 20.8 Å². The SMILES string of the molecule is CC(C)(C)OC(=O)[N+]1(C(=O)O)CCCCC1. The summed E-state index contributed by atoms with van der Waals surface area (Å²) < 4.78 is 4.62. The minimum absolute atomic E-state index is 0.338. The van der Waals surface area contributed by atoms with Crippen LogP contribution in [0.25, 0.3) is 0 Å². The van der Waals surface area contributed by atoms with Crippen molar-refractivity contribution in [3.8, 4) is 0 Å². The van der Waals surface area contributed by atoms with Crippen molar-refractivity contribution in [3.05, 3.63) is 0 Å². The Morgan fingerprint density at radius 1 is 1.12 bits per heavy atom. The van der Waals surface area contributed by atoms with Crippen molar-refractivity contribution in [1.29, 1.82) is 0 Å². The average Bonchev–Trinajstić information content (AvgIpc) is 2.16. The second-order valence-electron chi connectivity index (χ2n) is 5.24. The number of piperidine rings is 1. The summed E-state index contributed by atoms with van der Waals surface area (Å²) in [5.74, 6) is 0. The molecule has 0 aromatic carbocycles.